The van der Waals surface area contributed by atoms with Gasteiger partial charge in [0, 0.05) is 11.7 Å². The Labute approximate surface area is 102 Å². The second-order valence-electron chi connectivity index (χ2n) is 4.04. The van der Waals surface area contributed by atoms with Gasteiger partial charge in [-0.05, 0) is 31.2 Å². The molecule has 1 rings (SSSR count). The highest BCUT2D eigenvalue weighted by Crippen LogP contribution is 2.15. The largest absolute Gasteiger partial charge is 0.494 e. The number of carbonyl (C=O) groups is 1. The molecule has 0 saturated carbocycles. The summed E-state index contributed by atoms with van der Waals surface area (Å²) in [6.45, 7) is 6.91. The van der Waals surface area contributed by atoms with Crippen LogP contribution < -0.4 is 15.4 Å². The summed E-state index contributed by atoms with van der Waals surface area (Å²) in [5.74, 6) is 0.772. The van der Waals surface area contributed by atoms with Gasteiger partial charge < -0.3 is 15.4 Å². The Morgan fingerprint density at radius 2 is 1.94 bits per heavy atom. The van der Waals surface area contributed by atoms with Gasteiger partial charge in [0.2, 0.25) is 5.91 Å². The number of anilines is 1. The molecule has 0 radical (unpaired) electrons. The second kappa shape index (κ2) is 6.91. The van der Waals surface area contributed by atoms with Crippen LogP contribution in [-0.4, -0.2) is 25.1 Å². The van der Waals surface area contributed by atoms with E-state index in [0.717, 1.165) is 11.4 Å². The number of ether oxygens (including phenoxy) is 1. The van der Waals surface area contributed by atoms with Gasteiger partial charge in [0.1, 0.15) is 5.75 Å². The summed E-state index contributed by atoms with van der Waals surface area (Å²) in [5.41, 5.74) is 0.781. The fraction of sp³-hybridized carbons (Fsp3) is 0.462. The van der Waals surface area contributed by atoms with Gasteiger partial charge in [-0.15, -0.1) is 0 Å². The van der Waals surface area contributed by atoms with Crippen LogP contribution in [0.5, 0.6) is 5.75 Å². The van der Waals surface area contributed by atoms with Crippen molar-refractivity contribution >= 4 is 11.6 Å². The first-order valence-electron chi connectivity index (χ1n) is 5.88. The first kappa shape index (κ1) is 13.5. The van der Waals surface area contributed by atoms with Crippen LogP contribution in [0.2, 0.25) is 0 Å². The zero-order valence-corrected chi connectivity index (χ0v) is 10.6. The second-order valence-corrected chi connectivity index (χ2v) is 4.04. The van der Waals surface area contributed by atoms with Crippen LogP contribution in [0.4, 0.5) is 5.69 Å². The number of benzene rings is 1. The third kappa shape index (κ3) is 5.36. The molecular formula is C13H20N2O2. The zero-order chi connectivity index (χ0) is 12.7. The minimum absolute atomic E-state index is 0.0390. The SMILES string of the molecule is CCOc1ccc(NC(=O)CNC(C)C)cc1. The van der Waals surface area contributed by atoms with E-state index in [0.29, 0.717) is 19.2 Å². The molecule has 0 atom stereocenters. The molecule has 4 heteroatoms. The average molecular weight is 236 g/mol. The van der Waals surface area contributed by atoms with E-state index in [9.17, 15) is 4.79 Å². The maximum atomic E-state index is 11.5. The Morgan fingerprint density at radius 3 is 2.47 bits per heavy atom. The van der Waals surface area contributed by atoms with Crippen LogP contribution in [0.3, 0.4) is 0 Å². The molecule has 0 aliphatic carbocycles. The number of nitrogens with one attached hydrogen (secondary N) is 2. The first-order valence-corrected chi connectivity index (χ1v) is 5.88. The molecule has 1 amide bonds. The lowest BCUT2D eigenvalue weighted by atomic mass is 10.3. The maximum Gasteiger partial charge on any atom is 0.238 e. The third-order valence-corrected chi connectivity index (χ3v) is 2.12. The van der Waals surface area contributed by atoms with Crippen LogP contribution in [0.1, 0.15) is 20.8 Å². The van der Waals surface area contributed by atoms with E-state index in [-0.39, 0.29) is 5.91 Å². The molecule has 0 heterocycles. The lowest BCUT2D eigenvalue weighted by Crippen LogP contribution is -2.32. The molecule has 0 saturated heterocycles. The maximum absolute atomic E-state index is 11.5. The van der Waals surface area contributed by atoms with E-state index < -0.39 is 0 Å². The Balaban J connectivity index is 2.43. The van der Waals surface area contributed by atoms with Crippen molar-refractivity contribution in [3.05, 3.63) is 24.3 Å². The van der Waals surface area contributed by atoms with Crippen LogP contribution >= 0.6 is 0 Å². The van der Waals surface area contributed by atoms with E-state index in [4.69, 9.17) is 4.74 Å². The van der Waals surface area contributed by atoms with Crippen LogP contribution in [0.25, 0.3) is 0 Å². The first-order chi connectivity index (χ1) is 8.11. The van der Waals surface area contributed by atoms with E-state index in [1.807, 2.05) is 45.0 Å². The van der Waals surface area contributed by atoms with Crippen molar-refractivity contribution < 1.29 is 9.53 Å². The Hall–Kier alpha value is -1.55. The van der Waals surface area contributed by atoms with Gasteiger partial charge in [-0.3, -0.25) is 4.79 Å². The highest BCUT2D eigenvalue weighted by molar-refractivity contribution is 5.92. The Bertz CT molecular complexity index is 347. The number of carbonyl (C=O) groups excluding carboxylic acids is 1. The van der Waals surface area contributed by atoms with Crippen molar-refractivity contribution in [3.63, 3.8) is 0 Å². The molecule has 1 aromatic rings. The number of hydrogen-bond acceptors (Lipinski definition) is 3. The van der Waals surface area contributed by atoms with Crippen molar-refractivity contribution in [2.45, 2.75) is 26.8 Å². The monoisotopic (exact) mass is 236 g/mol. The number of hydrogen-bond donors (Lipinski definition) is 2. The van der Waals surface area contributed by atoms with E-state index >= 15 is 0 Å². The summed E-state index contributed by atoms with van der Waals surface area (Å²) in [6.07, 6.45) is 0. The minimum atomic E-state index is -0.0390. The fourth-order valence-corrected chi connectivity index (χ4v) is 1.30. The molecule has 1 aromatic carbocycles. The Morgan fingerprint density at radius 1 is 1.29 bits per heavy atom. The van der Waals surface area contributed by atoms with Crippen LogP contribution in [-0.2, 0) is 4.79 Å². The molecule has 0 bridgehead atoms. The molecule has 94 valence electrons. The average Bonchev–Trinajstić information content (AvgIpc) is 2.29. The van der Waals surface area contributed by atoms with Gasteiger partial charge in [0.15, 0.2) is 0 Å². The van der Waals surface area contributed by atoms with Gasteiger partial charge in [-0.2, -0.15) is 0 Å². The standard InChI is InChI=1S/C13H20N2O2/c1-4-17-12-7-5-11(6-8-12)15-13(16)9-14-10(2)3/h5-8,10,14H,4,9H2,1-3H3,(H,15,16). The summed E-state index contributed by atoms with van der Waals surface area (Å²) in [5, 5.41) is 5.87. The highest BCUT2D eigenvalue weighted by Gasteiger charge is 2.03. The Kier molecular flexibility index (Phi) is 5.49. The number of rotatable bonds is 6. The van der Waals surface area contributed by atoms with Crippen molar-refractivity contribution in [2.75, 3.05) is 18.5 Å². The summed E-state index contributed by atoms with van der Waals surface area (Å²) >= 11 is 0. The normalized spacial score (nSPS) is 10.4. The van der Waals surface area contributed by atoms with Gasteiger partial charge in [0.05, 0.1) is 13.2 Å². The molecule has 0 unspecified atom stereocenters. The molecule has 17 heavy (non-hydrogen) atoms. The molecule has 0 fully saturated rings. The molecular weight excluding hydrogens is 216 g/mol. The predicted octanol–water partition coefficient (Wildman–Crippen LogP) is 2.02. The van der Waals surface area contributed by atoms with Gasteiger partial charge in [-0.1, -0.05) is 13.8 Å². The zero-order valence-electron chi connectivity index (χ0n) is 10.6. The van der Waals surface area contributed by atoms with Crippen molar-refractivity contribution in [1.29, 1.82) is 0 Å². The molecule has 0 aromatic heterocycles. The molecule has 4 nitrogen and oxygen atoms in total. The van der Waals surface area contributed by atoms with E-state index in [2.05, 4.69) is 10.6 Å². The topological polar surface area (TPSA) is 50.4 Å². The van der Waals surface area contributed by atoms with Crippen LogP contribution in [0, 0.1) is 0 Å². The van der Waals surface area contributed by atoms with E-state index in [1.165, 1.54) is 0 Å². The quantitative estimate of drug-likeness (QED) is 0.794. The molecule has 0 aliphatic rings. The summed E-state index contributed by atoms with van der Waals surface area (Å²) in [6, 6.07) is 7.65. The van der Waals surface area contributed by atoms with Gasteiger partial charge >= 0.3 is 0 Å². The van der Waals surface area contributed by atoms with Crippen LogP contribution in [0.15, 0.2) is 24.3 Å². The lowest BCUT2D eigenvalue weighted by Gasteiger charge is -2.09. The van der Waals surface area contributed by atoms with Crippen molar-refractivity contribution in [2.24, 2.45) is 0 Å². The third-order valence-electron chi connectivity index (χ3n) is 2.12. The predicted molar refractivity (Wildman–Crippen MR) is 69.4 cm³/mol. The van der Waals surface area contributed by atoms with Crippen molar-refractivity contribution in [3.8, 4) is 5.75 Å². The molecule has 2 N–H and O–H groups in total. The summed E-state index contributed by atoms with van der Waals surface area (Å²) < 4.78 is 5.32. The smallest absolute Gasteiger partial charge is 0.238 e. The highest BCUT2D eigenvalue weighted by atomic mass is 16.5. The minimum Gasteiger partial charge on any atom is -0.494 e. The van der Waals surface area contributed by atoms with Crippen molar-refractivity contribution in [1.82, 2.24) is 5.32 Å². The summed E-state index contributed by atoms with van der Waals surface area (Å²) in [7, 11) is 0. The van der Waals surface area contributed by atoms with E-state index in [1.54, 1.807) is 0 Å². The fourth-order valence-electron chi connectivity index (χ4n) is 1.30. The molecule has 0 aliphatic heterocycles. The lowest BCUT2D eigenvalue weighted by molar-refractivity contribution is -0.115. The summed E-state index contributed by atoms with van der Waals surface area (Å²) in [4.78, 5) is 11.5. The molecule has 0 spiro atoms. The van der Waals surface area contributed by atoms with Gasteiger partial charge in [0.25, 0.3) is 0 Å². The number of amides is 1. The van der Waals surface area contributed by atoms with Gasteiger partial charge in [-0.25, -0.2) is 0 Å².